The number of amides is 2. The number of likely N-dealkylation sites (tertiary alicyclic amines) is 1. The third kappa shape index (κ3) is 5.30. The lowest BCUT2D eigenvalue weighted by molar-refractivity contribution is -0.139. The first kappa shape index (κ1) is 26.2. The molecule has 2 aliphatic rings. The van der Waals surface area contributed by atoms with Crippen LogP contribution in [0, 0.1) is 11.7 Å². The number of thiazole rings is 1. The van der Waals surface area contributed by atoms with Gasteiger partial charge in [0.05, 0.1) is 17.8 Å². The van der Waals surface area contributed by atoms with Crippen LogP contribution < -0.4 is 10.6 Å². The Morgan fingerprint density at radius 2 is 2.08 bits per heavy atom. The first-order valence-corrected chi connectivity index (χ1v) is 13.6. The summed E-state index contributed by atoms with van der Waals surface area (Å²) in [5.74, 6) is -0.452. The van der Waals surface area contributed by atoms with Gasteiger partial charge in [-0.1, -0.05) is 44.6 Å². The van der Waals surface area contributed by atoms with Crippen LogP contribution in [0.3, 0.4) is 0 Å². The van der Waals surface area contributed by atoms with Crippen LogP contribution in [-0.2, 0) is 16.0 Å². The van der Waals surface area contributed by atoms with Crippen molar-refractivity contribution in [1.29, 1.82) is 0 Å². The van der Waals surface area contributed by atoms with Gasteiger partial charge in [0.1, 0.15) is 16.9 Å². The van der Waals surface area contributed by atoms with Gasteiger partial charge in [0.2, 0.25) is 11.8 Å². The second kappa shape index (κ2) is 11.5. The number of aromatic nitrogens is 1. The van der Waals surface area contributed by atoms with E-state index in [2.05, 4.69) is 10.6 Å². The van der Waals surface area contributed by atoms with Gasteiger partial charge in [-0.25, -0.2) is 9.37 Å². The zero-order valence-electron chi connectivity index (χ0n) is 21.4. The van der Waals surface area contributed by atoms with E-state index < -0.39 is 6.04 Å². The molecule has 1 aliphatic heterocycles. The van der Waals surface area contributed by atoms with Crippen molar-refractivity contribution in [3.8, 4) is 11.3 Å². The zero-order chi connectivity index (χ0) is 25.8. The first-order valence-electron chi connectivity index (χ1n) is 12.7. The minimum atomic E-state index is -0.579. The van der Waals surface area contributed by atoms with Gasteiger partial charge in [-0.05, 0) is 56.8 Å². The van der Waals surface area contributed by atoms with Crippen LogP contribution in [-0.4, -0.2) is 47.4 Å². The van der Waals surface area contributed by atoms with Gasteiger partial charge in [-0.15, -0.1) is 11.3 Å². The lowest BCUT2D eigenvalue weighted by Crippen LogP contribution is -2.54. The number of fused-ring (bicyclic) bond motifs is 1. The normalized spacial score (nSPS) is 19.5. The Hall–Kier alpha value is -2.84. The molecule has 2 heterocycles. The third-order valence-corrected chi connectivity index (χ3v) is 8.30. The van der Waals surface area contributed by atoms with E-state index in [9.17, 15) is 14.0 Å². The first-order chi connectivity index (χ1) is 17.3. The summed E-state index contributed by atoms with van der Waals surface area (Å²) in [6.07, 6.45) is 10.8. The van der Waals surface area contributed by atoms with Gasteiger partial charge in [-0.2, -0.15) is 0 Å². The standard InChI is InChI=1S/C28H35FN4O2S/c1-5-17(2)25(32-26(34)18(3)30-4)28(35)33-15-9-12-24(33)27-31-23(16-36-27)21-13-14-22(29)20-11-8-6-7-10-19(20)21/h6-8,11,13-14,16-18,24-25,30H,5,9-10,12,15H2,1-4H3,(H,32,34)/t17?,18-,24?,25?/m0/s1. The summed E-state index contributed by atoms with van der Waals surface area (Å²) in [6.45, 7) is 6.46. The van der Waals surface area contributed by atoms with Crippen LogP contribution in [0.25, 0.3) is 17.3 Å². The quantitative estimate of drug-likeness (QED) is 0.531. The Balaban J connectivity index is 1.60. The predicted octanol–water partition coefficient (Wildman–Crippen LogP) is 4.88. The van der Waals surface area contributed by atoms with Crippen molar-refractivity contribution in [1.82, 2.24) is 20.5 Å². The van der Waals surface area contributed by atoms with Crippen molar-refractivity contribution in [2.45, 2.75) is 64.6 Å². The summed E-state index contributed by atoms with van der Waals surface area (Å²) in [5.41, 5.74) is 3.26. The molecule has 1 aromatic carbocycles. The maximum Gasteiger partial charge on any atom is 0.246 e. The average molecular weight is 511 g/mol. The summed E-state index contributed by atoms with van der Waals surface area (Å²) < 4.78 is 14.5. The number of likely N-dealkylation sites (N-methyl/N-ethyl adjacent to an activating group) is 1. The highest BCUT2D eigenvalue weighted by molar-refractivity contribution is 7.10. The number of hydrogen-bond acceptors (Lipinski definition) is 5. The predicted molar refractivity (Wildman–Crippen MR) is 143 cm³/mol. The monoisotopic (exact) mass is 510 g/mol. The van der Waals surface area contributed by atoms with Crippen LogP contribution in [0.1, 0.15) is 62.2 Å². The van der Waals surface area contributed by atoms with Gasteiger partial charge in [0, 0.05) is 23.1 Å². The van der Waals surface area contributed by atoms with E-state index in [0.717, 1.165) is 41.1 Å². The largest absolute Gasteiger partial charge is 0.343 e. The Morgan fingerprint density at radius 3 is 2.83 bits per heavy atom. The number of carbonyl (C=O) groups is 2. The van der Waals surface area contributed by atoms with Crippen LogP contribution >= 0.6 is 11.3 Å². The molecular weight excluding hydrogens is 475 g/mol. The molecule has 8 heteroatoms. The average Bonchev–Trinajstić information content (AvgIpc) is 3.50. The molecule has 2 N–H and O–H groups in total. The van der Waals surface area contributed by atoms with E-state index >= 15 is 0 Å². The highest BCUT2D eigenvalue weighted by Gasteiger charge is 2.38. The van der Waals surface area contributed by atoms with Crippen molar-refractivity contribution >= 4 is 29.2 Å². The highest BCUT2D eigenvalue weighted by Crippen LogP contribution is 2.38. The minimum absolute atomic E-state index is 0.00870. The van der Waals surface area contributed by atoms with Gasteiger partial charge in [0.15, 0.2) is 0 Å². The molecule has 0 spiro atoms. The molecule has 1 aromatic heterocycles. The summed E-state index contributed by atoms with van der Waals surface area (Å²) in [6, 6.07) is 2.22. The van der Waals surface area contributed by atoms with E-state index in [0.29, 0.717) is 18.5 Å². The van der Waals surface area contributed by atoms with Gasteiger partial charge in [-0.3, -0.25) is 9.59 Å². The maximum absolute atomic E-state index is 14.5. The highest BCUT2D eigenvalue weighted by atomic mass is 32.1. The maximum atomic E-state index is 14.5. The topological polar surface area (TPSA) is 74.3 Å². The second-order valence-corrected chi connectivity index (χ2v) is 10.5. The number of carbonyl (C=O) groups excluding carboxylic acids is 2. The molecule has 1 saturated heterocycles. The molecule has 1 fully saturated rings. The number of rotatable bonds is 8. The summed E-state index contributed by atoms with van der Waals surface area (Å²) in [7, 11) is 1.73. The fraction of sp³-hybridized carbons (Fsp3) is 0.464. The molecule has 2 aromatic rings. The summed E-state index contributed by atoms with van der Waals surface area (Å²) >= 11 is 1.54. The fourth-order valence-corrected chi connectivity index (χ4v) is 5.78. The van der Waals surface area contributed by atoms with Crippen molar-refractivity contribution in [2.75, 3.05) is 13.6 Å². The minimum Gasteiger partial charge on any atom is -0.343 e. The Kier molecular flexibility index (Phi) is 8.36. The van der Waals surface area contributed by atoms with E-state index in [-0.39, 0.29) is 35.6 Å². The van der Waals surface area contributed by atoms with E-state index in [1.807, 2.05) is 42.4 Å². The van der Waals surface area contributed by atoms with Crippen LogP contribution in [0.2, 0.25) is 0 Å². The number of nitrogens with one attached hydrogen (secondary N) is 2. The SMILES string of the molecule is CCC(C)C(NC(=O)[C@H](C)NC)C(=O)N1CCCC1c1nc(-c2ccc(F)c3c2CC=CC=C3)cs1. The van der Waals surface area contributed by atoms with Gasteiger partial charge >= 0.3 is 0 Å². The van der Waals surface area contributed by atoms with E-state index in [1.54, 1.807) is 26.1 Å². The molecule has 6 nitrogen and oxygen atoms in total. The zero-order valence-corrected chi connectivity index (χ0v) is 22.2. The molecular formula is C28H35FN4O2S. The van der Waals surface area contributed by atoms with E-state index in [4.69, 9.17) is 4.98 Å². The van der Waals surface area contributed by atoms with Crippen molar-refractivity contribution < 1.29 is 14.0 Å². The molecule has 4 atom stereocenters. The van der Waals surface area contributed by atoms with E-state index in [1.165, 1.54) is 17.4 Å². The van der Waals surface area contributed by atoms with Gasteiger partial charge in [0.25, 0.3) is 0 Å². The molecule has 0 saturated carbocycles. The van der Waals surface area contributed by atoms with Crippen LogP contribution in [0.5, 0.6) is 0 Å². The molecule has 3 unspecified atom stereocenters. The van der Waals surface area contributed by atoms with Crippen molar-refractivity contribution in [2.24, 2.45) is 5.92 Å². The number of allylic oxidation sites excluding steroid dienone is 3. The molecule has 1 aliphatic carbocycles. The molecule has 36 heavy (non-hydrogen) atoms. The molecule has 0 bridgehead atoms. The van der Waals surface area contributed by atoms with Crippen molar-refractivity contribution in [3.63, 3.8) is 0 Å². The molecule has 192 valence electrons. The Labute approximate surface area is 216 Å². The Morgan fingerprint density at radius 1 is 1.28 bits per heavy atom. The number of benzene rings is 1. The van der Waals surface area contributed by atoms with Crippen LogP contribution in [0.4, 0.5) is 4.39 Å². The van der Waals surface area contributed by atoms with Crippen LogP contribution in [0.15, 0.2) is 35.7 Å². The fourth-order valence-electron chi connectivity index (χ4n) is 4.82. The van der Waals surface area contributed by atoms with Crippen molar-refractivity contribution in [3.05, 3.63) is 57.7 Å². The summed E-state index contributed by atoms with van der Waals surface area (Å²) in [4.78, 5) is 33.2. The number of hydrogen-bond donors (Lipinski definition) is 2. The summed E-state index contributed by atoms with van der Waals surface area (Å²) in [5, 5.41) is 8.81. The molecule has 4 rings (SSSR count). The second-order valence-electron chi connectivity index (χ2n) is 9.62. The van der Waals surface area contributed by atoms with Gasteiger partial charge < -0.3 is 15.5 Å². The molecule has 2 amide bonds. The lowest BCUT2D eigenvalue weighted by Gasteiger charge is -2.31. The number of nitrogens with zero attached hydrogens (tertiary/aromatic N) is 2. The lowest BCUT2D eigenvalue weighted by atomic mass is 9.96. The Bertz CT molecular complexity index is 1170. The molecule has 0 radical (unpaired) electrons. The third-order valence-electron chi connectivity index (χ3n) is 7.36. The number of halogens is 1. The smallest absolute Gasteiger partial charge is 0.246 e.